The van der Waals surface area contributed by atoms with Crippen LogP contribution in [0.4, 0.5) is 5.69 Å². The third kappa shape index (κ3) is 4.77. The number of fused-ring (bicyclic) bond motifs is 1. The average molecular weight is 427 g/mol. The highest BCUT2D eigenvalue weighted by atomic mass is 16.5. The van der Waals surface area contributed by atoms with E-state index in [1.165, 1.54) is 25.7 Å². The summed E-state index contributed by atoms with van der Waals surface area (Å²) in [7, 11) is 3.22. The van der Waals surface area contributed by atoms with Crippen LogP contribution >= 0.6 is 0 Å². The highest BCUT2D eigenvalue weighted by Gasteiger charge is 2.51. The lowest BCUT2D eigenvalue weighted by molar-refractivity contribution is -0.116. The summed E-state index contributed by atoms with van der Waals surface area (Å²) in [4.78, 5) is 15.1. The number of hydrogen-bond donors (Lipinski definition) is 1. The number of allylic oxidation sites excluding steroid dienone is 1. The summed E-state index contributed by atoms with van der Waals surface area (Å²) in [5.41, 5.74) is 2.91. The van der Waals surface area contributed by atoms with Crippen molar-refractivity contribution in [3.63, 3.8) is 0 Å². The molecule has 1 N–H and O–H groups in total. The van der Waals surface area contributed by atoms with Crippen LogP contribution in [0, 0.1) is 23.2 Å². The lowest BCUT2D eigenvalue weighted by Crippen LogP contribution is -2.50. The highest BCUT2D eigenvalue weighted by Crippen LogP contribution is 2.59. The molecule has 5 rings (SSSR count). The summed E-state index contributed by atoms with van der Waals surface area (Å²) in [5.74, 6) is 3.76. The molecule has 2 fully saturated rings. The zero-order valence-corrected chi connectivity index (χ0v) is 19.6. The quantitative estimate of drug-likeness (QED) is 0.586. The molecule has 1 heterocycles. The van der Waals surface area contributed by atoms with E-state index in [0.29, 0.717) is 34.9 Å². The maximum atomic E-state index is 12.5. The minimum atomic E-state index is 0.0556. The van der Waals surface area contributed by atoms with Gasteiger partial charge in [-0.15, -0.1) is 0 Å². The predicted molar refractivity (Wildman–Crippen MR) is 125 cm³/mol. The van der Waals surface area contributed by atoms with Crippen molar-refractivity contribution in [3.8, 4) is 11.5 Å². The lowest BCUT2D eigenvalue weighted by Gasteiger charge is -2.57. The number of methoxy groups -OCH3 is 2. The molecule has 1 aromatic rings. The van der Waals surface area contributed by atoms with E-state index in [0.717, 1.165) is 37.9 Å². The van der Waals surface area contributed by atoms with Gasteiger partial charge in [-0.1, -0.05) is 25.5 Å². The van der Waals surface area contributed by atoms with Crippen LogP contribution in [-0.2, 0) is 4.79 Å². The molecule has 1 amide bonds. The number of piperidine rings is 1. The molecule has 3 aliphatic carbocycles. The number of anilines is 1. The van der Waals surface area contributed by atoms with Crippen LogP contribution in [0.5, 0.6) is 11.5 Å². The van der Waals surface area contributed by atoms with Gasteiger partial charge in [0.2, 0.25) is 5.91 Å². The molecule has 170 valence electrons. The van der Waals surface area contributed by atoms with Gasteiger partial charge in [0.1, 0.15) is 11.5 Å². The van der Waals surface area contributed by atoms with E-state index in [4.69, 9.17) is 9.47 Å². The summed E-state index contributed by atoms with van der Waals surface area (Å²) < 4.78 is 10.6. The van der Waals surface area contributed by atoms with Gasteiger partial charge in [0.15, 0.2) is 0 Å². The molecule has 0 radical (unpaired) electrons. The van der Waals surface area contributed by atoms with Crippen molar-refractivity contribution in [2.24, 2.45) is 23.2 Å². The van der Waals surface area contributed by atoms with Crippen molar-refractivity contribution >= 4 is 11.6 Å². The maximum Gasteiger partial charge on any atom is 0.224 e. The Kier molecular flexibility index (Phi) is 6.61. The third-order valence-electron chi connectivity index (χ3n) is 8.16. The predicted octanol–water partition coefficient (Wildman–Crippen LogP) is 5.13. The van der Waals surface area contributed by atoms with Gasteiger partial charge in [0, 0.05) is 19.0 Å². The molecule has 4 aliphatic rings. The number of carbonyl (C=O) groups is 1. The smallest absolute Gasteiger partial charge is 0.224 e. The summed E-state index contributed by atoms with van der Waals surface area (Å²) in [5, 5.41) is 2.99. The second-order valence-electron chi connectivity index (χ2n) is 10.2. The summed E-state index contributed by atoms with van der Waals surface area (Å²) in [6, 6.07) is 5.46. The summed E-state index contributed by atoms with van der Waals surface area (Å²) in [6.07, 6.45) is 9.13. The Morgan fingerprint density at radius 3 is 2.61 bits per heavy atom. The second kappa shape index (κ2) is 9.23. The largest absolute Gasteiger partial charge is 0.497 e. The van der Waals surface area contributed by atoms with Crippen molar-refractivity contribution in [2.75, 3.05) is 39.2 Å². The van der Waals surface area contributed by atoms with Crippen molar-refractivity contribution in [1.29, 1.82) is 0 Å². The van der Waals surface area contributed by atoms with Crippen molar-refractivity contribution in [3.05, 3.63) is 29.8 Å². The summed E-state index contributed by atoms with van der Waals surface area (Å²) in [6.45, 7) is 8.39. The van der Waals surface area contributed by atoms with E-state index < -0.39 is 0 Å². The van der Waals surface area contributed by atoms with Crippen LogP contribution in [-0.4, -0.2) is 44.7 Å². The van der Waals surface area contributed by atoms with E-state index in [1.807, 2.05) is 12.1 Å². The number of ether oxygens (including phenoxy) is 2. The fraction of sp³-hybridized carbons (Fsp3) is 0.654. The number of hydrogen-bond acceptors (Lipinski definition) is 4. The van der Waals surface area contributed by atoms with E-state index in [-0.39, 0.29) is 5.91 Å². The first-order valence-electron chi connectivity index (χ1n) is 11.8. The van der Waals surface area contributed by atoms with Crippen LogP contribution in [0.2, 0.25) is 0 Å². The number of rotatable bonds is 8. The number of amides is 1. The Labute approximate surface area is 187 Å². The number of nitrogens with zero attached hydrogens (tertiary/aromatic N) is 1. The van der Waals surface area contributed by atoms with Gasteiger partial charge in [0.25, 0.3) is 0 Å². The van der Waals surface area contributed by atoms with Crippen molar-refractivity contribution < 1.29 is 14.3 Å². The fourth-order valence-corrected chi connectivity index (χ4v) is 5.80. The Hall–Kier alpha value is -2.01. The number of benzene rings is 1. The molecule has 0 unspecified atom stereocenters. The normalized spacial score (nSPS) is 25.4. The second-order valence-corrected chi connectivity index (χ2v) is 10.2. The minimum absolute atomic E-state index is 0.0556. The standard InChI is InChI=1S/C26H38N2O3/c1-26(2)20-7-6-19(22(26)15-20)17-28-13-11-18(12-14-28)5-10-25(29)27-23-9-8-21(30-3)16-24(23)31-4/h6,8-9,16,18,20,22H,5,7,10-15,17H2,1-4H3,(H,27,29)/t20-,22-/m0/s1. The molecule has 1 saturated carbocycles. The molecule has 5 heteroatoms. The van der Waals surface area contributed by atoms with Gasteiger partial charge in [-0.2, -0.15) is 0 Å². The van der Waals surface area contributed by atoms with Gasteiger partial charge >= 0.3 is 0 Å². The Balaban J connectivity index is 1.19. The van der Waals surface area contributed by atoms with Crippen molar-refractivity contribution in [1.82, 2.24) is 4.90 Å². The van der Waals surface area contributed by atoms with Crippen LogP contribution in [0.3, 0.4) is 0 Å². The highest BCUT2D eigenvalue weighted by molar-refractivity contribution is 5.92. The van der Waals surface area contributed by atoms with Gasteiger partial charge in [-0.3, -0.25) is 9.69 Å². The Morgan fingerprint density at radius 1 is 1.19 bits per heavy atom. The lowest BCUT2D eigenvalue weighted by atomic mass is 9.49. The van der Waals surface area contributed by atoms with Crippen LogP contribution in [0.15, 0.2) is 29.8 Å². The molecule has 0 aromatic heterocycles. The summed E-state index contributed by atoms with van der Waals surface area (Å²) >= 11 is 0. The van der Waals surface area contributed by atoms with E-state index in [2.05, 4.69) is 30.1 Å². The molecular formula is C26H38N2O3. The van der Waals surface area contributed by atoms with E-state index in [1.54, 1.807) is 25.9 Å². The molecule has 1 aromatic carbocycles. The first kappa shape index (κ1) is 22.2. The fourth-order valence-electron chi connectivity index (χ4n) is 5.80. The molecule has 2 atom stereocenters. The number of nitrogens with one attached hydrogen (secondary N) is 1. The topological polar surface area (TPSA) is 50.8 Å². The first-order valence-corrected chi connectivity index (χ1v) is 11.8. The van der Waals surface area contributed by atoms with Crippen LogP contribution in [0.1, 0.15) is 52.4 Å². The molecule has 1 saturated heterocycles. The van der Waals surface area contributed by atoms with E-state index >= 15 is 0 Å². The SMILES string of the molecule is COc1ccc(NC(=O)CCC2CCN(CC3=CC[C@H]4C[C@@H]3C4(C)C)CC2)c(OC)c1. The zero-order chi connectivity index (χ0) is 22.0. The average Bonchev–Trinajstić information content (AvgIpc) is 2.78. The van der Waals surface area contributed by atoms with Crippen LogP contribution < -0.4 is 14.8 Å². The molecule has 5 nitrogen and oxygen atoms in total. The monoisotopic (exact) mass is 426 g/mol. The third-order valence-corrected chi connectivity index (χ3v) is 8.16. The van der Waals surface area contributed by atoms with Gasteiger partial charge in [-0.05, 0) is 80.5 Å². The zero-order valence-electron chi connectivity index (χ0n) is 19.6. The number of likely N-dealkylation sites (tertiary alicyclic amines) is 1. The van der Waals surface area contributed by atoms with Crippen LogP contribution in [0.25, 0.3) is 0 Å². The molecule has 31 heavy (non-hydrogen) atoms. The minimum Gasteiger partial charge on any atom is -0.497 e. The van der Waals surface area contributed by atoms with Gasteiger partial charge in [-0.25, -0.2) is 0 Å². The Morgan fingerprint density at radius 2 is 1.97 bits per heavy atom. The molecular weight excluding hydrogens is 388 g/mol. The molecule has 1 aliphatic heterocycles. The maximum absolute atomic E-state index is 12.5. The van der Waals surface area contributed by atoms with Crippen molar-refractivity contribution in [2.45, 2.75) is 52.4 Å². The molecule has 2 bridgehead atoms. The number of carbonyl (C=O) groups excluding carboxylic acids is 1. The first-order chi connectivity index (χ1) is 14.9. The van der Waals surface area contributed by atoms with Gasteiger partial charge < -0.3 is 14.8 Å². The Bertz CT molecular complexity index is 824. The van der Waals surface area contributed by atoms with Gasteiger partial charge in [0.05, 0.1) is 19.9 Å². The molecule has 0 spiro atoms. The van der Waals surface area contributed by atoms with E-state index in [9.17, 15) is 4.79 Å².